The number of aromatic nitrogens is 3. The molecule has 216 valence electrons. The Morgan fingerprint density at radius 2 is 2.02 bits per heavy atom. The summed E-state index contributed by atoms with van der Waals surface area (Å²) in [5.74, 6) is 2.40. The monoisotopic (exact) mass is 588 g/mol. The molecule has 1 atom stereocenters. The van der Waals surface area contributed by atoms with Gasteiger partial charge in [-0.3, -0.25) is 9.69 Å². The number of hydrogen-bond acceptors (Lipinski definition) is 11. The fourth-order valence-electron chi connectivity index (χ4n) is 5.93. The number of nitrogens with zero attached hydrogens (tertiary/aromatic N) is 6. The molecule has 1 saturated heterocycles. The van der Waals surface area contributed by atoms with Crippen LogP contribution in [0.15, 0.2) is 58.6 Å². The van der Waals surface area contributed by atoms with Crippen molar-refractivity contribution in [3.63, 3.8) is 0 Å². The minimum absolute atomic E-state index is 0.00583. The number of anilines is 1. The van der Waals surface area contributed by atoms with Crippen molar-refractivity contribution in [2.45, 2.75) is 42.9 Å². The van der Waals surface area contributed by atoms with Crippen LogP contribution in [-0.4, -0.2) is 57.4 Å². The molecule has 42 heavy (non-hydrogen) atoms. The lowest BCUT2D eigenvalue weighted by molar-refractivity contribution is -0.389. The minimum Gasteiger partial charge on any atom is -0.481 e. The van der Waals surface area contributed by atoms with Crippen LogP contribution in [0.5, 0.6) is 17.4 Å². The van der Waals surface area contributed by atoms with E-state index in [1.54, 1.807) is 37.3 Å². The van der Waals surface area contributed by atoms with Crippen LogP contribution >= 0.6 is 11.8 Å². The number of rotatable bonds is 8. The molecule has 0 bridgehead atoms. The molecule has 13 heteroatoms. The molecule has 3 aliphatic rings. The van der Waals surface area contributed by atoms with Gasteiger partial charge in [0, 0.05) is 62.2 Å². The molecular formula is C29H28N6O6S. The van der Waals surface area contributed by atoms with Crippen LogP contribution in [0.1, 0.15) is 24.0 Å². The highest BCUT2D eigenvalue weighted by molar-refractivity contribution is 7.99. The second-order valence-electron chi connectivity index (χ2n) is 10.5. The second kappa shape index (κ2) is 10.8. The minimum atomic E-state index is -0.489. The van der Waals surface area contributed by atoms with E-state index in [2.05, 4.69) is 24.3 Å². The number of methoxy groups -OCH3 is 1. The zero-order chi connectivity index (χ0) is 28.8. The number of piperidine rings is 1. The van der Waals surface area contributed by atoms with Gasteiger partial charge in [-0.2, -0.15) is 0 Å². The van der Waals surface area contributed by atoms with E-state index >= 15 is 0 Å². The van der Waals surface area contributed by atoms with Crippen LogP contribution in [0.25, 0.3) is 10.9 Å². The zero-order valence-corrected chi connectivity index (χ0v) is 23.7. The van der Waals surface area contributed by atoms with Crippen molar-refractivity contribution in [2.75, 3.05) is 31.9 Å². The first kappa shape index (κ1) is 26.5. The highest BCUT2D eigenvalue weighted by Crippen LogP contribution is 2.41. The molecule has 0 amide bonds. The van der Waals surface area contributed by atoms with Crippen molar-refractivity contribution < 1.29 is 19.1 Å². The summed E-state index contributed by atoms with van der Waals surface area (Å²) in [5, 5.41) is 12.7. The fourth-order valence-corrected chi connectivity index (χ4v) is 6.89. The van der Waals surface area contributed by atoms with Crippen molar-refractivity contribution in [2.24, 2.45) is 0 Å². The molecule has 0 radical (unpaired) electrons. The molecule has 0 aliphatic carbocycles. The van der Waals surface area contributed by atoms with Gasteiger partial charge >= 0.3 is 5.82 Å². The van der Waals surface area contributed by atoms with Gasteiger partial charge in [-0.15, -0.1) is 0 Å². The molecule has 4 aromatic rings. The molecule has 0 N–H and O–H groups in total. The summed E-state index contributed by atoms with van der Waals surface area (Å²) in [4.78, 5) is 37.5. The van der Waals surface area contributed by atoms with E-state index in [4.69, 9.17) is 14.2 Å². The van der Waals surface area contributed by atoms with Crippen molar-refractivity contribution in [3.05, 3.63) is 80.3 Å². The van der Waals surface area contributed by atoms with Gasteiger partial charge in [0.05, 0.1) is 34.6 Å². The van der Waals surface area contributed by atoms with Gasteiger partial charge in [-0.05, 0) is 46.5 Å². The number of pyridine rings is 3. The van der Waals surface area contributed by atoms with Gasteiger partial charge in [-0.1, -0.05) is 11.8 Å². The number of thioether (sulfide) groups is 1. The third kappa shape index (κ3) is 4.77. The summed E-state index contributed by atoms with van der Waals surface area (Å²) in [5.41, 5.74) is 3.52. The van der Waals surface area contributed by atoms with E-state index < -0.39 is 4.92 Å². The predicted molar refractivity (Wildman–Crippen MR) is 156 cm³/mol. The first-order chi connectivity index (χ1) is 20.5. The molecule has 3 aromatic heterocycles. The number of nitro groups is 1. The first-order valence-corrected chi connectivity index (χ1v) is 14.7. The van der Waals surface area contributed by atoms with Gasteiger partial charge in [-0.25, -0.2) is 4.98 Å². The smallest absolute Gasteiger partial charge is 0.363 e. The Labute approximate surface area is 245 Å². The van der Waals surface area contributed by atoms with Crippen molar-refractivity contribution >= 4 is 34.2 Å². The molecule has 1 aromatic carbocycles. The summed E-state index contributed by atoms with van der Waals surface area (Å²) in [7, 11) is 1.60. The fraction of sp³-hybridized carbons (Fsp3) is 0.345. The normalized spacial score (nSPS) is 17.3. The maximum absolute atomic E-state index is 14.0. The average molecular weight is 589 g/mol. The van der Waals surface area contributed by atoms with Crippen LogP contribution in [0.2, 0.25) is 0 Å². The molecule has 0 saturated carbocycles. The molecule has 0 unspecified atom stereocenters. The van der Waals surface area contributed by atoms with E-state index in [1.807, 2.05) is 24.3 Å². The molecule has 3 aliphatic heterocycles. The van der Waals surface area contributed by atoms with Gasteiger partial charge in [0.1, 0.15) is 0 Å². The number of hydrogen-bond donors (Lipinski definition) is 0. The van der Waals surface area contributed by atoms with Gasteiger partial charge in [0.25, 0.3) is 0 Å². The summed E-state index contributed by atoms with van der Waals surface area (Å²) < 4.78 is 18.7. The van der Waals surface area contributed by atoms with Crippen LogP contribution in [0, 0.1) is 10.1 Å². The quantitative estimate of drug-likeness (QED) is 0.217. The van der Waals surface area contributed by atoms with Crippen molar-refractivity contribution in [3.8, 4) is 17.4 Å². The van der Waals surface area contributed by atoms with E-state index in [0.717, 1.165) is 52.6 Å². The van der Waals surface area contributed by atoms with Gasteiger partial charge in [0.15, 0.2) is 23.1 Å². The van der Waals surface area contributed by atoms with Crippen LogP contribution in [0.3, 0.4) is 0 Å². The Bertz CT molecular complexity index is 1750. The Morgan fingerprint density at radius 1 is 1.17 bits per heavy atom. The lowest BCUT2D eigenvalue weighted by Gasteiger charge is -2.40. The number of benzene rings is 1. The highest BCUT2D eigenvalue weighted by Gasteiger charge is 2.31. The van der Waals surface area contributed by atoms with E-state index in [9.17, 15) is 14.9 Å². The first-order valence-electron chi connectivity index (χ1n) is 13.7. The summed E-state index contributed by atoms with van der Waals surface area (Å²) in [6.07, 6.45) is 5.18. The SMILES string of the molecule is COc1cc(CN(Cc2c3n(c4cc5c(cc4c2=O)OCO5)CS3)[C@H]2CCCN(c3ccc([N+](=O)[O-])nc3)C2)ccn1. The van der Waals surface area contributed by atoms with Gasteiger partial charge in [0.2, 0.25) is 12.7 Å². The predicted octanol–water partition coefficient (Wildman–Crippen LogP) is 4.17. The lowest BCUT2D eigenvalue weighted by Crippen LogP contribution is -2.48. The van der Waals surface area contributed by atoms with Crippen molar-refractivity contribution in [1.29, 1.82) is 0 Å². The van der Waals surface area contributed by atoms with Crippen LogP contribution < -0.4 is 24.5 Å². The topological polar surface area (TPSA) is 125 Å². The molecular weight excluding hydrogens is 560 g/mol. The Balaban J connectivity index is 1.24. The standard InChI is InChI=1S/C29H28N6O6S/c1-39-27-9-18(6-7-30-27)13-33(20-3-2-8-32(14-20)19-4-5-26(31-12-19)35(37)38)15-22-28(36)21-10-24-25(41-17-40-24)11-23(21)34-16-42-29(22)34/h4-7,9-12,20H,2-3,8,13-17H2,1H3/t20-/m0/s1. The Morgan fingerprint density at radius 3 is 2.76 bits per heavy atom. The number of fused-ring (bicyclic) bond motifs is 4. The van der Waals surface area contributed by atoms with Gasteiger partial charge < -0.3 is 33.8 Å². The Hall–Kier alpha value is -4.36. The van der Waals surface area contributed by atoms with Crippen LogP contribution in [0.4, 0.5) is 11.5 Å². The largest absolute Gasteiger partial charge is 0.481 e. The zero-order valence-electron chi connectivity index (χ0n) is 22.9. The summed E-state index contributed by atoms with van der Waals surface area (Å²) >= 11 is 1.68. The van der Waals surface area contributed by atoms with Crippen LogP contribution in [-0.2, 0) is 19.0 Å². The molecule has 6 heterocycles. The third-order valence-corrected chi connectivity index (χ3v) is 9.21. The Kier molecular flexibility index (Phi) is 6.82. The van der Waals surface area contributed by atoms with E-state index in [1.165, 1.54) is 6.07 Å². The molecule has 1 fully saturated rings. The van der Waals surface area contributed by atoms with E-state index in [-0.39, 0.29) is 24.1 Å². The third-order valence-electron chi connectivity index (χ3n) is 8.09. The summed E-state index contributed by atoms with van der Waals surface area (Å²) in [6.45, 7) is 2.74. The summed E-state index contributed by atoms with van der Waals surface area (Å²) in [6, 6.07) is 10.9. The number of ether oxygens (including phenoxy) is 3. The highest BCUT2D eigenvalue weighted by atomic mass is 32.2. The lowest BCUT2D eigenvalue weighted by atomic mass is 10.0. The molecule has 12 nitrogen and oxygen atoms in total. The maximum atomic E-state index is 14.0. The molecule has 7 rings (SSSR count). The van der Waals surface area contributed by atoms with E-state index in [0.29, 0.717) is 42.4 Å². The average Bonchev–Trinajstić information content (AvgIpc) is 3.46. The molecule has 0 spiro atoms. The maximum Gasteiger partial charge on any atom is 0.363 e. The van der Waals surface area contributed by atoms with Crippen molar-refractivity contribution in [1.82, 2.24) is 19.4 Å². The second-order valence-corrected chi connectivity index (χ2v) is 11.5.